The summed E-state index contributed by atoms with van der Waals surface area (Å²) in [5.41, 5.74) is -0.0607. The minimum absolute atomic E-state index is 0.0976. The van der Waals surface area contributed by atoms with Gasteiger partial charge in [-0.25, -0.2) is 0 Å². The fraction of sp³-hybridized carbons (Fsp3) is 0.0769. The van der Waals surface area contributed by atoms with Crippen molar-refractivity contribution in [1.29, 1.82) is 0 Å². The van der Waals surface area contributed by atoms with E-state index in [0.29, 0.717) is 0 Å². The van der Waals surface area contributed by atoms with Gasteiger partial charge in [0.1, 0.15) is 10.8 Å². The van der Waals surface area contributed by atoms with E-state index in [2.05, 4.69) is 4.74 Å². The molecule has 4 nitrogen and oxygen atoms in total. The van der Waals surface area contributed by atoms with E-state index in [4.69, 9.17) is 11.6 Å². The summed E-state index contributed by atoms with van der Waals surface area (Å²) in [6.07, 6.45) is -4.83. The number of alkyl halides is 3. The monoisotopic (exact) mass is 317 g/mol. The van der Waals surface area contributed by atoms with Gasteiger partial charge in [-0.15, -0.1) is 13.2 Å². The van der Waals surface area contributed by atoms with Crippen molar-refractivity contribution in [3.05, 3.63) is 57.6 Å². The first kappa shape index (κ1) is 15.1. The Morgan fingerprint density at radius 1 is 1.14 bits per heavy atom. The molecule has 0 aliphatic rings. The molecule has 0 saturated carbocycles. The molecule has 0 N–H and O–H groups in total. The van der Waals surface area contributed by atoms with Crippen LogP contribution in [0.1, 0.15) is 0 Å². The molecule has 0 bridgehead atoms. The maximum Gasteiger partial charge on any atom is 0.573 e. The second kappa shape index (κ2) is 5.61. The van der Waals surface area contributed by atoms with Crippen molar-refractivity contribution < 1.29 is 22.8 Å². The van der Waals surface area contributed by atoms with Crippen LogP contribution >= 0.6 is 11.6 Å². The summed E-state index contributed by atoms with van der Waals surface area (Å²) >= 11 is 5.77. The Morgan fingerprint density at radius 2 is 1.81 bits per heavy atom. The smallest absolute Gasteiger partial charge is 0.406 e. The highest BCUT2D eigenvalue weighted by atomic mass is 35.5. The summed E-state index contributed by atoms with van der Waals surface area (Å²) < 4.78 is 40.4. The van der Waals surface area contributed by atoms with E-state index in [1.165, 1.54) is 30.3 Å². The Kier molecular flexibility index (Phi) is 4.04. The van der Waals surface area contributed by atoms with Crippen molar-refractivity contribution in [2.24, 2.45) is 0 Å². The van der Waals surface area contributed by atoms with E-state index < -0.39 is 17.0 Å². The van der Waals surface area contributed by atoms with Gasteiger partial charge in [0.25, 0.3) is 5.69 Å². The topological polar surface area (TPSA) is 52.4 Å². The fourth-order valence-corrected chi connectivity index (χ4v) is 2.04. The van der Waals surface area contributed by atoms with E-state index in [-0.39, 0.29) is 21.8 Å². The summed E-state index contributed by atoms with van der Waals surface area (Å²) in [5.74, 6) is -0.464. The molecule has 0 aromatic heterocycles. The largest absolute Gasteiger partial charge is 0.573 e. The predicted molar refractivity (Wildman–Crippen MR) is 70.2 cm³/mol. The van der Waals surface area contributed by atoms with E-state index in [1.807, 2.05) is 0 Å². The van der Waals surface area contributed by atoms with Gasteiger partial charge in [-0.3, -0.25) is 10.1 Å². The van der Waals surface area contributed by atoms with Crippen LogP contribution in [0.15, 0.2) is 42.5 Å². The Morgan fingerprint density at radius 3 is 2.43 bits per heavy atom. The number of halogens is 4. The van der Waals surface area contributed by atoms with Crippen LogP contribution in [0.25, 0.3) is 11.1 Å². The van der Waals surface area contributed by atoms with E-state index >= 15 is 0 Å². The number of rotatable bonds is 3. The van der Waals surface area contributed by atoms with Crippen LogP contribution in [0, 0.1) is 10.1 Å². The molecule has 2 rings (SSSR count). The molecule has 0 unspecified atom stereocenters. The standard InChI is InChI=1S/C13H7ClF3NO3/c14-11-6-2-5-10(12(11)18(19)20)8-3-1-4-9(7-8)21-13(15,16)17/h1-7H. The third kappa shape index (κ3) is 3.63. The average molecular weight is 318 g/mol. The number of hydrogen-bond acceptors (Lipinski definition) is 3. The fourth-order valence-electron chi connectivity index (χ4n) is 1.79. The lowest BCUT2D eigenvalue weighted by Gasteiger charge is -2.10. The number of nitro groups is 1. The molecule has 0 fully saturated rings. The van der Waals surface area contributed by atoms with Gasteiger partial charge in [0.15, 0.2) is 0 Å². The molecular formula is C13H7ClF3NO3. The molecule has 0 spiro atoms. The number of nitro benzene ring substituents is 1. The van der Waals surface area contributed by atoms with Crippen LogP contribution in [0.2, 0.25) is 5.02 Å². The van der Waals surface area contributed by atoms with Crippen molar-refractivity contribution in [3.63, 3.8) is 0 Å². The molecule has 0 aliphatic carbocycles. The molecule has 2 aromatic carbocycles. The maximum atomic E-state index is 12.2. The highest BCUT2D eigenvalue weighted by molar-refractivity contribution is 6.33. The number of ether oxygens (including phenoxy) is 1. The van der Waals surface area contributed by atoms with Crippen molar-refractivity contribution in [2.45, 2.75) is 6.36 Å². The number of benzene rings is 2. The molecular weight excluding hydrogens is 311 g/mol. The summed E-state index contributed by atoms with van der Waals surface area (Å²) in [6.45, 7) is 0. The normalized spacial score (nSPS) is 11.2. The van der Waals surface area contributed by atoms with E-state index in [0.717, 1.165) is 12.1 Å². The minimum atomic E-state index is -4.83. The van der Waals surface area contributed by atoms with Crippen LogP contribution in [-0.4, -0.2) is 11.3 Å². The molecule has 110 valence electrons. The molecule has 0 radical (unpaired) electrons. The lowest BCUT2D eigenvalue weighted by atomic mass is 10.0. The average Bonchev–Trinajstić information content (AvgIpc) is 2.36. The highest BCUT2D eigenvalue weighted by Gasteiger charge is 2.31. The van der Waals surface area contributed by atoms with Gasteiger partial charge in [0, 0.05) is 0 Å². The first-order chi connectivity index (χ1) is 9.78. The Hall–Kier alpha value is -2.28. The summed E-state index contributed by atoms with van der Waals surface area (Å²) in [5, 5.41) is 10.9. The molecule has 0 aliphatic heterocycles. The zero-order valence-electron chi connectivity index (χ0n) is 10.2. The number of hydrogen-bond donors (Lipinski definition) is 0. The lowest BCUT2D eigenvalue weighted by molar-refractivity contribution is -0.384. The number of nitrogens with zero attached hydrogens (tertiary/aromatic N) is 1. The van der Waals surface area contributed by atoms with Gasteiger partial charge < -0.3 is 4.74 Å². The minimum Gasteiger partial charge on any atom is -0.406 e. The zero-order valence-corrected chi connectivity index (χ0v) is 11.0. The Bertz CT molecular complexity index is 689. The van der Waals surface area contributed by atoms with Gasteiger partial charge >= 0.3 is 6.36 Å². The molecule has 0 heterocycles. The van der Waals surface area contributed by atoms with Gasteiger partial charge in [-0.05, 0) is 29.8 Å². The SMILES string of the molecule is O=[N+]([O-])c1c(Cl)cccc1-c1cccc(OC(F)(F)F)c1. The first-order valence-electron chi connectivity index (χ1n) is 5.57. The van der Waals surface area contributed by atoms with Gasteiger partial charge in [0.2, 0.25) is 0 Å². The van der Waals surface area contributed by atoms with Gasteiger partial charge in [-0.2, -0.15) is 0 Å². The molecule has 2 aromatic rings. The Balaban J connectivity index is 2.51. The van der Waals surface area contributed by atoms with Crippen molar-refractivity contribution in [1.82, 2.24) is 0 Å². The van der Waals surface area contributed by atoms with Crippen molar-refractivity contribution in [2.75, 3.05) is 0 Å². The highest BCUT2D eigenvalue weighted by Crippen LogP contribution is 2.37. The summed E-state index contributed by atoms with van der Waals surface area (Å²) in [7, 11) is 0. The third-order valence-electron chi connectivity index (χ3n) is 2.55. The molecule has 0 atom stereocenters. The van der Waals surface area contributed by atoms with Crippen molar-refractivity contribution >= 4 is 17.3 Å². The van der Waals surface area contributed by atoms with Crippen LogP contribution in [0.4, 0.5) is 18.9 Å². The quantitative estimate of drug-likeness (QED) is 0.602. The lowest BCUT2D eigenvalue weighted by Crippen LogP contribution is -2.17. The molecule has 21 heavy (non-hydrogen) atoms. The maximum absolute atomic E-state index is 12.2. The van der Waals surface area contributed by atoms with E-state index in [9.17, 15) is 23.3 Å². The second-order valence-electron chi connectivity index (χ2n) is 3.97. The molecule has 8 heteroatoms. The van der Waals surface area contributed by atoms with Crippen LogP contribution in [0.3, 0.4) is 0 Å². The van der Waals surface area contributed by atoms with Gasteiger partial charge in [0.05, 0.1) is 10.5 Å². The van der Waals surface area contributed by atoms with Crippen LogP contribution in [0.5, 0.6) is 5.75 Å². The second-order valence-corrected chi connectivity index (χ2v) is 4.38. The third-order valence-corrected chi connectivity index (χ3v) is 2.85. The molecule has 0 amide bonds. The Labute approximate surface area is 121 Å². The van der Waals surface area contributed by atoms with Crippen LogP contribution < -0.4 is 4.74 Å². The van der Waals surface area contributed by atoms with E-state index in [1.54, 1.807) is 0 Å². The van der Waals surface area contributed by atoms with Crippen molar-refractivity contribution in [3.8, 4) is 16.9 Å². The molecule has 0 saturated heterocycles. The predicted octanol–water partition coefficient (Wildman–Crippen LogP) is 4.81. The zero-order chi connectivity index (χ0) is 15.6. The van der Waals surface area contributed by atoms with Crippen LogP contribution in [-0.2, 0) is 0 Å². The summed E-state index contributed by atoms with van der Waals surface area (Å²) in [6, 6.07) is 9.11. The summed E-state index contributed by atoms with van der Waals surface area (Å²) in [4.78, 5) is 10.4. The first-order valence-corrected chi connectivity index (χ1v) is 5.95. The number of para-hydroxylation sites is 1. The van der Waals surface area contributed by atoms with Gasteiger partial charge in [-0.1, -0.05) is 29.8 Å².